The quantitative estimate of drug-likeness (QED) is 0.761. The first kappa shape index (κ1) is 10.8. The minimum absolute atomic E-state index is 0.195. The Balaban J connectivity index is 2.67. The lowest BCUT2D eigenvalue weighted by Crippen LogP contribution is -1.88. The van der Waals surface area contributed by atoms with Crippen molar-refractivity contribution < 1.29 is 18.1 Å². The number of aldehydes is 1. The van der Waals surface area contributed by atoms with Gasteiger partial charge >= 0.3 is 0 Å². The highest BCUT2D eigenvalue weighted by atomic mass is 35.5. The van der Waals surface area contributed by atoms with Crippen LogP contribution in [0, 0.1) is 11.6 Å². The first-order valence-electron chi connectivity index (χ1n) is 4.20. The van der Waals surface area contributed by atoms with Crippen molar-refractivity contribution in [3.63, 3.8) is 0 Å². The molecule has 0 atom stereocenters. The Kier molecular flexibility index (Phi) is 2.70. The van der Waals surface area contributed by atoms with Gasteiger partial charge in [-0.15, -0.1) is 0 Å². The summed E-state index contributed by atoms with van der Waals surface area (Å²) < 4.78 is 31.4. The Labute approximate surface area is 93.6 Å². The van der Waals surface area contributed by atoms with Crippen LogP contribution >= 0.6 is 11.6 Å². The topological polar surface area (TPSA) is 43.1 Å². The molecule has 0 aliphatic rings. The van der Waals surface area contributed by atoms with Gasteiger partial charge in [-0.1, -0.05) is 22.8 Å². The van der Waals surface area contributed by atoms with Gasteiger partial charge in [0.05, 0.1) is 5.56 Å². The van der Waals surface area contributed by atoms with Crippen LogP contribution < -0.4 is 0 Å². The van der Waals surface area contributed by atoms with Gasteiger partial charge in [0.1, 0.15) is 16.7 Å². The normalized spacial score (nSPS) is 10.4. The third kappa shape index (κ3) is 1.59. The van der Waals surface area contributed by atoms with Crippen LogP contribution in [-0.4, -0.2) is 11.4 Å². The molecule has 1 aromatic carbocycles. The summed E-state index contributed by atoms with van der Waals surface area (Å²) in [4.78, 5) is 10.4. The van der Waals surface area contributed by atoms with Gasteiger partial charge in [0, 0.05) is 0 Å². The van der Waals surface area contributed by atoms with E-state index < -0.39 is 17.2 Å². The third-order valence-corrected chi connectivity index (χ3v) is 2.33. The van der Waals surface area contributed by atoms with Crippen LogP contribution in [0.3, 0.4) is 0 Å². The maximum Gasteiger partial charge on any atom is 0.192 e. The van der Waals surface area contributed by atoms with E-state index in [9.17, 15) is 13.6 Å². The van der Waals surface area contributed by atoms with E-state index in [4.69, 9.17) is 11.6 Å². The highest BCUT2D eigenvalue weighted by molar-refractivity contribution is 6.35. The second-order valence-corrected chi connectivity index (χ2v) is 3.30. The van der Waals surface area contributed by atoms with E-state index in [1.807, 2.05) is 0 Å². The highest BCUT2D eigenvalue weighted by Crippen LogP contribution is 2.33. The predicted octanol–water partition coefficient (Wildman–Crippen LogP) is 3.09. The number of carbonyl (C=O) groups is 1. The van der Waals surface area contributed by atoms with E-state index in [2.05, 4.69) is 9.68 Å². The van der Waals surface area contributed by atoms with Crippen molar-refractivity contribution in [1.82, 2.24) is 5.16 Å². The summed E-state index contributed by atoms with van der Waals surface area (Å²) in [6, 6.07) is 3.31. The fourth-order valence-electron chi connectivity index (χ4n) is 1.23. The van der Waals surface area contributed by atoms with Crippen molar-refractivity contribution >= 4 is 17.9 Å². The molecule has 6 heteroatoms. The first-order valence-corrected chi connectivity index (χ1v) is 4.57. The molecule has 0 saturated heterocycles. The molecule has 0 unspecified atom stereocenters. The van der Waals surface area contributed by atoms with E-state index in [0.717, 1.165) is 12.1 Å². The smallest absolute Gasteiger partial charge is 0.192 e. The Morgan fingerprint density at radius 1 is 1.31 bits per heavy atom. The van der Waals surface area contributed by atoms with Crippen LogP contribution in [0.15, 0.2) is 22.7 Å². The second-order valence-electron chi connectivity index (χ2n) is 2.93. The summed E-state index contributed by atoms with van der Waals surface area (Å²) in [5.74, 6) is -1.97. The predicted molar refractivity (Wildman–Crippen MR) is 52.3 cm³/mol. The maximum atomic E-state index is 13.4. The largest absolute Gasteiger partial charge is 0.354 e. The molecule has 3 nitrogen and oxygen atoms in total. The molecule has 82 valence electrons. The van der Waals surface area contributed by atoms with E-state index in [1.165, 1.54) is 6.07 Å². The number of nitrogens with zero attached hydrogens (tertiary/aromatic N) is 1. The molecule has 0 N–H and O–H groups in total. The number of hydrogen-bond acceptors (Lipinski definition) is 3. The van der Waals surface area contributed by atoms with Crippen LogP contribution in [0.25, 0.3) is 11.3 Å². The van der Waals surface area contributed by atoms with Gasteiger partial charge in [-0.05, 0) is 12.1 Å². The Morgan fingerprint density at radius 3 is 2.44 bits per heavy atom. The van der Waals surface area contributed by atoms with Crippen LogP contribution in [-0.2, 0) is 0 Å². The molecule has 0 fully saturated rings. The van der Waals surface area contributed by atoms with E-state index in [0.29, 0.717) is 6.29 Å². The van der Waals surface area contributed by atoms with Crippen molar-refractivity contribution in [3.8, 4) is 11.3 Å². The molecule has 2 aromatic rings. The van der Waals surface area contributed by atoms with Gasteiger partial charge in [-0.3, -0.25) is 4.79 Å². The number of benzene rings is 1. The first-order chi connectivity index (χ1) is 7.65. The Hall–Kier alpha value is -1.75. The molecule has 0 radical (unpaired) electrons. The standard InChI is InChI=1S/C10H4ClF2NO2/c11-9-7(4-15)14-16-10(9)8-5(12)2-1-3-6(8)13/h1-4H. The van der Waals surface area contributed by atoms with E-state index in [-0.39, 0.29) is 16.5 Å². The summed E-state index contributed by atoms with van der Waals surface area (Å²) >= 11 is 5.68. The number of rotatable bonds is 2. The molecule has 0 spiro atoms. The molecular formula is C10H4ClF2NO2. The molecule has 0 aliphatic carbocycles. The lowest BCUT2D eigenvalue weighted by molar-refractivity contribution is 0.111. The van der Waals surface area contributed by atoms with Gasteiger partial charge in [0.25, 0.3) is 0 Å². The van der Waals surface area contributed by atoms with Gasteiger partial charge in [-0.25, -0.2) is 8.78 Å². The third-order valence-electron chi connectivity index (χ3n) is 1.96. The minimum atomic E-state index is -0.838. The SMILES string of the molecule is O=Cc1noc(-c2c(F)cccc2F)c1Cl. The summed E-state index contributed by atoms with van der Waals surface area (Å²) in [6.45, 7) is 0. The molecular weight excluding hydrogens is 240 g/mol. The monoisotopic (exact) mass is 243 g/mol. The van der Waals surface area contributed by atoms with Crippen molar-refractivity contribution in [1.29, 1.82) is 0 Å². The van der Waals surface area contributed by atoms with Gasteiger partial charge in [0.15, 0.2) is 17.7 Å². The molecule has 0 bridgehead atoms. The summed E-state index contributed by atoms with van der Waals surface area (Å²) in [5.41, 5.74) is -0.632. The fourth-order valence-corrected chi connectivity index (χ4v) is 1.44. The van der Waals surface area contributed by atoms with Crippen molar-refractivity contribution in [2.45, 2.75) is 0 Å². The second kappa shape index (κ2) is 4.02. The summed E-state index contributed by atoms with van der Waals surface area (Å²) in [6.07, 6.45) is 0.341. The lowest BCUT2D eigenvalue weighted by Gasteiger charge is -2.00. The zero-order valence-corrected chi connectivity index (χ0v) is 8.46. The van der Waals surface area contributed by atoms with Crippen LogP contribution in [0.4, 0.5) is 8.78 Å². The van der Waals surface area contributed by atoms with Gasteiger partial charge in [0.2, 0.25) is 0 Å². The zero-order chi connectivity index (χ0) is 11.7. The van der Waals surface area contributed by atoms with Gasteiger partial charge < -0.3 is 4.52 Å². The zero-order valence-electron chi connectivity index (χ0n) is 7.71. The average Bonchev–Trinajstić information content (AvgIpc) is 2.60. The lowest BCUT2D eigenvalue weighted by atomic mass is 10.1. The highest BCUT2D eigenvalue weighted by Gasteiger charge is 2.21. The van der Waals surface area contributed by atoms with Crippen LogP contribution in [0.1, 0.15) is 10.5 Å². The fraction of sp³-hybridized carbons (Fsp3) is 0. The number of halogens is 3. The van der Waals surface area contributed by atoms with Crippen molar-refractivity contribution in [2.75, 3.05) is 0 Å². The van der Waals surface area contributed by atoms with Gasteiger partial charge in [-0.2, -0.15) is 0 Å². The average molecular weight is 244 g/mol. The van der Waals surface area contributed by atoms with Crippen molar-refractivity contribution in [2.24, 2.45) is 0 Å². The number of aromatic nitrogens is 1. The number of carbonyl (C=O) groups excluding carboxylic acids is 1. The maximum absolute atomic E-state index is 13.4. The molecule has 0 saturated carbocycles. The Bertz CT molecular complexity index is 533. The van der Waals surface area contributed by atoms with Crippen molar-refractivity contribution in [3.05, 3.63) is 40.6 Å². The van der Waals surface area contributed by atoms with Crippen LogP contribution in [0.5, 0.6) is 0 Å². The molecule has 16 heavy (non-hydrogen) atoms. The molecule has 0 amide bonds. The molecule has 0 aliphatic heterocycles. The summed E-state index contributed by atoms with van der Waals surface area (Å²) in [5, 5.41) is 3.08. The number of hydrogen-bond donors (Lipinski definition) is 0. The van der Waals surface area contributed by atoms with E-state index >= 15 is 0 Å². The molecule has 1 heterocycles. The van der Waals surface area contributed by atoms with Crippen LogP contribution in [0.2, 0.25) is 5.02 Å². The molecule has 1 aromatic heterocycles. The molecule has 2 rings (SSSR count). The minimum Gasteiger partial charge on any atom is -0.354 e. The Morgan fingerprint density at radius 2 is 1.94 bits per heavy atom. The summed E-state index contributed by atoms with van der Waals surface area (Å²) in [7, 11) is 0. The van der Waals surface area contributed by atoms with E-state index in [1.54, 1.807) is 0 Å².